The van der Waals surface area contributed by atoms with Crippen LogP contribution < -0.4 is 4.74 Å². The summed E-state index contributed by atoms with van der Waals surface area (Å²) in [5.41, 5.74) is -0.526. The van der Waals surface area contributed by atoms with E-state index in [1.165, 1.54) is 6.07 Å². The van der Waals surface area contributed by atoms with Crippen molar-refractivity contribution in [2.24, 2.45) is 0 Å². The topological polar surface area (TPSA) is 46.5 Å². The number of aromatic carboxylic acids is 1. The highest BCUT2D eigenvalue weighted by Crippen LogP contribution is 2.26. The van der Waals surface area contributed by atoms with E-state index in [0.717, 1.165) is 6.07 Å². The van der Waals surface area contributed by atoms with Crippen LogP contribution in [0.15, 0.2) is 12.1 Å². The zero-order chi connectivity index (χ0) is 12.3. The molecule has 1 N–H and O–H groups in total. The van der Waals surface area contributed by atoms with Crippen molar-refractivity contribution in [3.63, 3.8) is 0 Å². The molecule has 0 spiro atoms. The lowest BCUT2D eigenvalue weighted by molar-refractivity contribution is -0.0523. The first kappa shape index (κ1) is 12.8. The summed E-state index contributed by atoms with van der Waals surface area (Å²) >= 11 is 2.97. The Labute approximate surface area is 97.0 Å². The molecule has 0 aliphatic heterocycles. The van der Waals surface area contributed by atoms with Crippen LogP contribution in [0.2, 0.25) is 0 Å². The monoisotopic (exact) mass is 298 g/mol. The molecule has 1 aromatic rings. The minimum absolute atomic E-state index is 0.0977. The van der Waals surface area contributed by atoms with Crippen LogP contribution in [0.4, 0.5) is 13.2 Å². The first-order chi connectivity index (χ1) is 7.47. The van der Waals surface area contributed by atoms with Gasteiger partial charge in [-0.25, -0.2) is 9.18 Å². The number of benzene rings is 1. The Hall–Kier alpha value is -1.24. The lowest BCUT2D eigenvalue weighted by Crippen LogP contribution is -2.10. The van der Waals surface area contributed by atoms with Crippen molar-refractivity contribution in [2.45, 2.75) is 11.9 Å². The molecule has 0 fully saturated rings. The number of ether oxygens (including phenoxy) is 1. The highest BCUT2D eigenvalue weighted by atomic mass is 79.9. The molecule has 0 saturated carbocycles. The lowest BCUT2D eigenvalue weighted by Gasteiger charge is -2.09. The van der Waals surface area contributed by atoms with Crippen LogP contribution in [-0.4, -0.2) is 17.7 Å². The molecule has 0 bridgehead atoms. The third-order valence-electron chi connectivity index (χ3n) is 1.77. The number of carbonyl (C=O) groups is 1. The molecule has 0 atom stereocenters. The average Bonchev–Trinajstić information content (AvgIpc) is 2.19. The molecule has 0 aliphatic carbocycles. The summed E-state index contributed by atoms with van der Waals surface area (Å²) in [7, 11) is 0. The van der Waals surface area contributed by atoms with Crippen molar-refractivity contribution < 1.29 is 27.8 Å². The second kappa shape index (κ2) is 5.20. The summed E-state index contributed by atoms with van der Waals surface area (Å²) in [6, 6.07) is 2.17. The largest absolute Gasteiger partial charge is 0.478 e. The molecule has 0 aromatic heterocycles. The summed E-state index contributed by atoms with van der Waals surface area (Å²) in [6.45, 7) is -3.20. The van der Waals surface area contributed by atoms with E-state index in [-0.39, 0.29) is 10.9 Å². The minimum Gasteiger partial charge on any atom is -0.478 e. The summed E-state index contributed by atoms with van der Waals surface area (Å²) in [4.78, 5) is 10.7. The Morgan fingerprint density at radius 2 is 2.12 bits per heavy atom. The highest BCUT2D eigenvalue weighted by Gasteiger charge is 2.21. The van der Waals surface area contributed by atoms with Crippen LogP contribution in [0.1, 0.15) is 15.9 Å². The van der Waals surface area contributed by atoms with Gasteiger partial charge in [0.05, 0.1) is 0 Å². The molecule has 1 rings (SSSR count). The highest BCUT2D eigenvalue weighted by molar-refractivity contribution is 9.08. The molecule has 3 nitrogen and oxygen atoms in total. The summed E-state index contributed by atoms with van der Waals surface area (Å²) in [5, 5.41) is 8.83. The maximum absolute atomic E-state index is 13.5. The number of alkyl halides is 3. The molecule has 0 saturated heterocycles. The van der Waals surface area contributed by atoms with E-state index in [1.807, 2.05) is 0 Å². The van der Waals surface area contributed by atoms with Gasteiger partial charge in [-0.2, -0.15) is 8.78 Å². The van der Waals surface area contributed by atoms with Crippen molar-refractivity contribution in [1.82, 2.24) is 0 Å². The predicted molar refractivity (Wildman–Crippen MR) is 52.6 cm³/mol. The van der Waals surface area contributed by atoms with Gasteiger partial charge < -0.3 is 9.84 Å². The molecule has 0 unspecified atom stereocenters. The predicted octanol–water partition coefficient (Wildman–Crippen LogP) is 3.02. The van der Waals surface area contributed by atoms with Crippen molar-refractivity contribution in [2.75, 3.05) is 0 Å². The van der Waals surface area contributed by atoms with Crippen LogP contribution in [0, 0.1) is 5.82 Å². The molecule has 0 radical (unpaired) electrons. The number of hydrogen-bond donors (Lipinski definition) is 1. The van der Waals surface area contributed by atoms with Crippen LogP contribution in [-0.2, 0) is 5.33 Å². The average molecular weight is 299 g/mol. The quantitative estimate of drug-likeness (QED) is 0.869. The van der Waals surface area contributed by atoms with Crippen molar-refractivity contribution in [1.29, 1.82) is 0 Å². The number of halogens is 4. The minimum atomic E-state index is -3.20. The van der Waals surface area contributed by atoms with Gasteiger partial charge in [-0.05, 0) is 11.6 Å². The van der Waals surface area contributed by atoms with Gasteiger partial charge in [-0.15, -0.1) is 0 Å². The van der Waals surface area contributed by atoms with E-state index >= 15 is 0 Å². The third kappa shape index (κ3) is 2.66. The molecule has 1 aromatic carbocycles. The second-order valence-electron chi connectivity index (χ2n) is 2.73. The van der Waals surface area contributed by atoms with Crippen LogP contribution in [0.5, 0.6) is 5.75 Å². The second-order valence-corrected chi connectivity index (χ2v) is 3.29. The molecule has 0 amide bonds. The van der Waals surface area contributed by atoms with Gasteiger partial charge in [0.2, 0.25) is 0 Å². The van der Waals surface area contributed by atoms with Crippen molar-refractivity contribution >= 4 is 21.9 Å². The van der Waals surface area contributed by atoms with Gasteiger partial charge in [0.15, 0.2) is 11.6 Å². The van der Waals surface area contributed by atoms with E-state index in [9.17, 15) is 18.0 Å². The Morgan fingerprint density at radius 3 is 2.56 bits per heavy atom. The van der Waals surface area contributed by atoms with E-state index in [4.69, 9.17) is 5.11 Å². The Morgan fingerprint density at radius 1 is 1.50 bits per heavy atom. The van der Waals surface area contributed by atoms with Gasteiger partial charge >= 0.3 is 12.6 Å². The number of hydrogen-bond acceptors (Lipinski definition) is 2. The molecule has 0 aliphatic rings. The SMILES string of the molecule is O=C(O)c1c(CBr)ccc(OC(F)F)c1F. The Balaban J connectivity index is 3.26. The standard InChI is InChI=1S/C9H6BrF3O3/c10-3-4-1-2-5(16-9(12)13)7(11)6(4)8(14)15/h1-2,9H,3H2,(H,14,15). The van der Waals surface area contributed by atoms with E-state index in [0.29, 0.717) is 0 Å². The summed E-state index contributed by atoms with van der Waals surface area (Å²) < 4.78 is 41.1. The molecule has 7 heteroatoms. The van der Waals surface area contributed by atoms with E-state index in [2.05, 4.69) is 20.7 Å². The smallest absolute Gasteiger partial charge is 0.387 e. The first-order valence-electron chi connectivity index (χ1n) is 4.02. The van der Waals surface area contributed by atoms with Gasteiger partial charge in [0, 0.05) is 5.33 Å². The van der Waals surface area contributed by atoms with Gasteiger partial charge in [-0.1, -0.05) is 22.0 Å². The van der Waals surface area contributed by atoms with Crippen LogP contribution in [0.25, 0.3) is 0 Å². The zero-order valence-corrected chi connectivity index (χ0v) is 9.30. The Kier molecular flexibility index (Phi) is 4.17. The summed E-state index contributed by atoms with van der Waals surface area (Å²) in [5.74, 6) is -3.62. The van der Waals surface area contributed by atoms with Gasteiger partial charge in [-0.3, -0.25) is 0 Å². The molecular formula is C9H6BrF3O3. The third-order valence-corrected chi connectivity index (χ3v) is 2.37. The van der Waals surface area contributed by atoms with E-state index in [1.54, 1.807) is 0 Å². The van der Waals surface area contributed by atoms with E-state index < -0.39 is 29.7 Å². The van der Waals surface area contributed by atoms with Crippen LogP contribution >= 0.6 is 15.9 Å². The fourth-order valence-electron chi connectivity index (χ4n) is 1.13. The molecular weight excluding hydrogens is 293 g/mol. The summed E-state index contributed by atoms with van der Waals surface area (Å²) in [6.07, 6.45) is 0. The number of rotatable bonds is 4. The fraction of sp³-hybridized carbons (Fsp3) is 0.222. The van der Waals surface area contributed by atoms with Crippen molar-refractivity contribution in [3.05, 3.63) is 29.1 Å². The zero-order valence-electron chi connectivity index (χ0n) is 7.71. The molecule has 16 heavy (non-hydrogen) atoms. The Bertz CT molecular complexity index is 409. The van der Waals surface area contributed by atoms with Crippen molar-refractivity contribution in [3.8, 4) is 5.75 Å². The maximum atomic E-state index is 13.5. The number of carboxylic acid groups (broad SMARTS) is 1. The van der Waals surface area contributed by atoms with Gasteiger partial charge in [0.1, 0.15) is 5.56 Å². The molecule has 0 heterocycles. The fourth-order valence-corrected chi connectivity index (χ4v) is 1.59. The normalized spacial score (nSPS) is 10.6. The van der Waals surface area contributed by atoms with Crippen LogP contribution in [0.3, 0.4) is 0 Å². The van der Waals surface area contributed by atoms with Gasteiger partial charge in [0.25, 0.3) is 0 Å². The molecule has 88 valence electrons. The lowest BCUT2D eigenvalue weighted by atomic mass is 10.1. The first-order valence-corrected chi connectivity index (χ1v) is 5.15. The number of carboxylic acids is 1. The maximum Gasteiger partial charge on any atom is 0.387 e.